The van der Waals surface area contributed by atoms with Gasteiger partial charge in [0.2, 0.25) is 23.6 Å². The summed E-state index contributed by atoms with van der Waals surface area (Å²) in [5, 5.41) is 127. The Hall–Kier alpha value is -3.50. The van der Waals surface area contributed by atoms with Gasteiger partial charge in [-0.05, 0) is 0 Å². The molecule has 3 aliphatic rings. The predicted molar refractivity (Wildman–Crippen MR) is 200 cm³/mol. The van der Waals surface area contributed by atoms with Crippen molar-refractivity contribution in [1.82, 2.24) is 21.3 Å². The second kappa shape index (κ2) is 21.2. The summed E-state index contributed by atoms with van der Waals surface area (Å²) in [6, 6.07) is -4.93. The first-order valence-electron chi connectivity index (χ1n) is 18.4. The Morgan fingerprint density at radius 3 is 1.44 bits per heavy atom. The van der Waals surface area contributed by atoms with E-state index in [4.69, 9.17) is 23.7 Å². The van der Waals surface area contributed by atoms with Crippen LogP contribution in [0.15, 0.2) is 0 Å². The topological polar surface area (TPSA) is 436 Å². The van der Waals surface area contributed by atoms with E-state index in [1.807, 2.05) is 0 Å². The van der Waals surface area contributed by atoms with E-state index in [1.54, 1.807) is 22.6 Å². The number of rotatable bonds is 19. The molecule has 0 aromatic heterocycles. The maximum atomic E-state index is 13.0. The Kier molecular flexibility index (Phi) is 18.1. The van der Waals surface area contributed by atoms with E-state index < -0.39 is 177 Å². The summed E-state index contributed by atoms with van der Waals surface area (Å²) in [5.41, 5.74) is 0. The highest BCUT2D eigenvalue weighted by molar-refractivity contribution is 14.1. The molecule has 0 aromatic rings. The largest absolute Gasteiger partial charge is 0.477 e. The van der Waals surface area contributed by atoms with Crippen LogP contribution in [0.1, 0.15) is 40.0 Å². The second-order valence-electron chi connectivity index (χ2n) is 14.6. The standard InChI is InChI=1S/C33H51IN4O23/c1-11(41)36-21-15(45)5-32(29(52)53,57-17(21)8-35-20(47)7-34)58-19(10-40)25(49)27-23(38-13(3)43)16(46)6-33(61-27,30(54)55)59-18(9-39)24(48)26-22(37-12(2)42)14(44)4-31(56,60-26)28(50)51/h14-19,21-27,39-40,44-46,48-49,56H,4-10H2,1-3H3,(H,35,47)(H,36,41)(H,37,42)(H,38,43)(H,50,51)(H,52,53)(H,54,55)/t14-,15-,16-,17-,18+,19+,21+,22+,23+,24+,25+,26+,27+,31?,32-,33+/m0/s1. The zero-order chi connectivity index (χ0) is 46.4. The number of carboxylic acids is 3. The molecule has 61 heavy (non-hydrogen) atoms. The number of aliphatic carboxylic acids is 3. The van der Waals surface area contributed by atoms with Crippen molar-refractivity contribution in [1.29, 1.82) is 0 Å². The molecule has 3 fully saturated rings. The highest BCUT2D eigenvalue weighted by Crippen LogP contribution is 2.39. The average molecular weight is 999 g/mol. The molecule has 3 rings (SSSR count). The molecule has 3 aliphatic heterocycles. The van der Waals surface area contributed by atoms with E-state index >= 15 is 0 Å². The Bertz CT molecular complexity index is 1630. The number of aliphatic hydroxyl groups is 8. The monoisotopic (exact) mass is 998 g/mol. The number of carbonyl (C=O) groups is 7. The first-order chi connectivity index (χ1) is 28.3. The zero-order valence-corrected chi connectivity index (χ0v) is 34.8. The van der Waals surface area contributed by atoms with Crippen molar-refractivity contribution in [2.24, 2.45) is 0 Å². The van der Waals surface area contributed by atoms with Gasteiger partial charge in [0, 0.05) is 46.6 Å². The van der Waals surface area contributed by atoms with E-state index in [2.05, 4.69) is 21.3 Å². The van der Waals surface area contributed by atoms with Crippen LogP contribution in [-0.2, 0) is 57.2 Å². The fourth-order valence-corrected chi connectivity index (χ4v) is 7.48. The lowest BCUT2D eigenvalue weighted by Crippen LogP contribution is -2.71. The molecule has 3 heterocycles. The zero-order valence-electron chi connectivity index (χ0n) is 32.7. The summed E-state index contributed by atoms with van der Waals surface area (Å²) in [5.74, 6) is -18.7. The van der Waals surface area contributed by atoms with E-state index in [0.717, 1.165) is 20.8 Å². The quantitative estimate of drug-likeness (QED) is 0.0422. The summed E-state index contributed by atoms with van der Waals surface area (Å²) < 4.78 is 27.7. The van der Waals surface area contributed by atoms with Crippen LogP contribution in [0.25, 0.3) is 0 Å². The van der Waals surface area contributed by atoms with Crippen molar-refractivity contribution in [2.45, 2.75) is 137 Å². The molecule has 15 N–H and O–H groups in total. The van der Waals surface area contributed by atoms with Gasteiger partial charge in [0.25, 0.3) is 17.4 Å². The second-order valence-corrected chi connectivity index (χ2v) is 15.4. The molecule has 0 spiro atoms. The minimum absolute atomic E-state index is 0.0669. The Morgan fingerprint density at radius 2 is 1.05 bits per heavy atom. The first-order valence-corrected chi connectivity index (χ1v) is 19.9. The molecule has 27 nitrogen and oxygen atoms in total. The number of alkyl halides is 1. The molecule has 0 bridgehead atoms. The van der Waals surface area contributed by atoms with Gasteiger partial charge in [0.15, 0.2) is 0 Å². The van der Waals surface area contributed by atoms with Crippen LogP contribution in [0.4, 0.5) is 0 Å². The third-order valence-electron chi connectivity index (χ3n) is 9.99. The lowest BCUT2D eigenvalue weighted by Gasteiger charge is -2.50. The van der Waals surface area contributed by atoms with Crippen LogP contribution in [0.2, 0.25) is 0 Å². The van der Waals surface area contributed by atoms with E-state index in [-0.39, 0.29) is 4.43 Å². The van der Waals surface area contributed by atoms with Gasteiger partial charge in [0.05, 0.1) is 54.1 Å². The van der Waals surface area contributed by atoms with E-state index in [9.17, 15) is 89.7 Å². The van der Waals surface area contributed by atoms with Gasteiger partial charge in [-0.3, -0.25) is 19.2 Å². The van der Waals surface area contributed by atoms with Gasteiger partial charge in [-0.15, -0.1) is 0 Å². The van der Waals surface area contributed by atoms with Crippen molar-refractivity contribution >= 4 is 64.1 Å². The molecule has 0 saturated carbocycles. The summed E-state index contributed by atoms with van der Waals surface area (Å²) in [4.78, 5) is 86.0. The number of aliphatic hydroxyl groups excluding tert-OH is 7. The molecular formula is C33H51IN4O23. The summed E-state index contributed by atoms with van der Waals surface area (Å²) in [6.45, 7) is -0.301. The molecule has 4 amide bonds. The number of nitrogens with one attached hydrogen (secondary N) is 4. The fraction of sp³-hybridized carbons (Fsp3) is 0.788. The summed E-state index contributed by atoms with van der Waals surface area (Å²) in [6.07, 6.45) is -24.7. The van der Waals surface area contributed by atoms with Crippen LogP contribution >= 0.6 is 22.6 Å². The van der Waals surface area contributed by atoms with E-state index in [1.165, 1.54) is 0 Å². The lowest BCUT2D eigenvalue weighted by molar-refractivity contribution is -0.352. The lowest BCUT2D eigenvalue weighted by atomic mass is 9.87. The van der Waals surface area contributed by atoms with Gasteiger partial charge in [-0.2, -0.15) is 0 Å². The van der Waals surface area contributed by atoms with Crippen molar-refractivity contribution in [2.75, 3.05) is 24.2 Å². The van der Waals surface area contributed by atoms with Crippen LogP contribution in [-0.4, -0.2) is 218 Å². The third kappa shape index (κ3) is 12.2. The molecule has 3 saturated heterocycles. The molecule has 16 atom stereocenters. The van der Waals surface area contributed by atoms with Crippen LogP contribution in [0.5, 0.6) is 0 Å². The fourth-order valence-electron chi connectivity index (χ4n) is 7.21. The summed E-state index contributed by atoms with van der Waals surface area (Å²) in [7, 11) is 0. The SMILES string of the molecule is CC(=O)N[C@H]1[C@H]([C@H](O)[C@@H](CO)O[C@]2(C(=O)O)C[C@H](O)[C@@H](NC(C)=O)[C@H]([C@H](O)[C@@H](CO)O[C@]3(C(=O)O)C[C@H](O)[C@@H](NC(C)=O)[C@H](CNC(=O)CI)O3)O2)OC(O)(C(=O)O)C[C@@H]1O. The highest BCUT2D eigenvalue weighted by atomic mass is 127. The van der Waals surface area contributed by atoms with Crippen LogP contribution in [0, 0.1) is 0 Å². The van der Waals surface area contributed by atoms with Crippen molar-refractivity contribution in [3.05, 3.63) is 0 Å². The van der Waals surface area contributed by atoms with Crippen molar-refractivity contribution in [3.8, 4) is 0 Å². The van der Waals surface area contributed by atoms with Crippen molar-refractivity contribution < 1.29 is 113 Å². The summed E-state index contributed by atoms with van der Waals surface area (Å²) >= 11 is 1.72. The predicted octanol–water partition coefficient (Wildman–Crippen LogP) is -7.69. The van der Waals surface area contributed by atoms with Gasteiger partial charge in [-0.1, -0.05) is 22.6 Å². The van der Waals surface area contributed by atoms with Gasteiger partial charge < -0.3 is 101 Å². The number of carbonyl (C=O) groups excluding carboxylic acids is 4. The Balaban J connectivity index is 2.06. The van der Waals surface area contributed by atoms with Gasteiger partial charge in [-0.25, -0.2) is 14.4 Å². The first kappa shape index (κ1) is 51.8. The molecular weight excluding hydrogens is 947 g/mol. The number of halogens is 1. The molecule has 348 valence electrons. The minimum atomic E-state index is -3.30. The van der Waals surface area contributed by atoms with E-state index in [0.29, 0.717) is 0 Å². The van der Waals surface area contributed by atoms with Crippen molar-refractivity contribution in [3.63, 3.8) is 0 Å². The molecule has 0 aromatic carbocycles. The average Bonchev–Trinajstić information content (AvgIpc) is 3.16. The molecule has 28 heteroatoms. The number of hydrogen-bond donors (Lipinski definition) is 15. The maximum absolute atomic E-state index is 13.0. The smallest absolute Gasteiger partial charge is 0.364 e. The number of hydrogen-bond acceptors (Lipinski definition) is 20. The minimum Gasteiger partial charge on any atom is -0.477 e. The number of ether oxygens (including phenoxy) is 5. The highest BCUT2D eigenvalue weighted by Gasteiger charge is 2.61. The van der Waals surface area contributed by atoms with Crippen LogP contribution < -0.4 is 21.3 Å². The Morgan fingerprint density at radius 1 is 0.656 bits per heavy atom. The van der Waals surface area contributed by atoms with Gasteiger partial charge in [0.1, 0.15) is 42.7 Å². The third-order valence-corrected chi connectivity index (χ3v) is 10.7. The van der Waals surface area contributed by atoms with Crippen LogP contribution in [0.3, 0.4) is 0 Å². The molecule has 0 radical (unpaired) electrons. The molecule has 1 unspecified atom stereocenters. The maximum Gasteiger partial charge on any atom is 0.364 e. The Labute approximate surface area is 358 Å². The normalized spacial score (nSPS) is 36.0. The van der Waals surface area contributed by atoms with Gasteiger partial charge >= 0.3 is 17.9 Å². The number of amides is 4. The molecule has 0 aliphatic carbocycles. The number of carboxylic acid groups (broad SMARTS) is 3.